The van der Waals surface area contributed by atoms with Crippen molar-refractivity contribution in [3.05, 3.63) is 63.6 Å². The molecule has 2 heterocycles. The van der Waals surface area contributed by atoms with Crippen molar-refractivity contribution in [2.45, 2.75) is 18.8 Å². The van der Waals surface area contributed by atoms with Crippen LogP contribution in [-0.2, 0) is 0 Å². The van der Waals surface area contributed by atoms with Gasteiger partial charge in [-0.2, -0.15) is 0 Å². The fourth-order valence-electron chi connectivity index (χ4n) is 3.23. The van der Waals surface area contributed by atoms with Gasteiger partial charge in [0.15, 0.2) is 0 Å². The minimum Gasteiger partial charge on any atom is -0.338 e. The van der Waals surface area contributed by atoms with E-state index in [-0.39, 0.29) is 5.91 Å². The summed E-state index contributed by atoms with van der Waals surface area (Å²) >= 11 is 5.20. The highest BCUT2D eigenvalue weighted by atomic mass is 79.9. The molecule has 1 amide bonds. The van der Waals surface area contributed by atoms with Gasteiger partial charge in [0.05, 0.1) is 15.2 Å². The number of amides is 1. The maximum Gasteiger partial charge on any atom is 0.253 e. The van der Waals surface area contributed by atoms with Crippen LogP contribution < -0.4 is 0 Å². The third-order valence-corrected chi connectivity index (χ3v) is 6.13. The van der Waals surface area contributed by atoms with Crippen LogP contribution in [0.3, 0.4) is 0 Å². The van der Waals surface area contributed by atoms with Crippen LogP contribution in [0.15, 0.2) is 53.0 Å². The molecule has 3 nitrogen and oxygen atoms in total. The molecule has 0 spiro atoms. The molecule has 1 aliphatic rings. The van der Waals surface area contributed by atoms with Gasteiger partial charge >= 0.3 is 0 Å². The Labute approximate surface area is 153 Å². The zero-order chi connectivity index (χ0) is 16.5. The average molecular weight is 401 g/mol. The predicted molar refractivity (Wildman–Crippen MR) is 102 cm³/mol. The van der Waals surface area contributed by atoms with Gasteiger partial charge in [0.1, 0.15) is 0 Å². The normalized spacial score (nSPS) is 18.0. The first-order valence-corrected chi connectivity index (χ1v) is 9.72. The Hall–Kier alpha value is -1.72. The van der Waals surface area contributed by atoms with E-state index in [0.29, 0.717) is 5.92 Å². The SMILES string of the molecule is O=C(c1cccc(Br)c1)N1CCCC(c2nc3ccccc3s2)C1. The first-order chi connectivity index (χ1) is 11.7. The molecule has 1 atom stereocenters. The Morgan fingerprint density at radius 3 is 2.92 bits per heavy atom. The molecule has 0 bridgehead atoms. The second-order valence-electron chi connectivity index (χ2n) is 6.12. The van der Waals surface area contributed by atoms with Crippen LogP contribution >= 0.6 is 27.3 Å². The summed E-state index contributed by atoms with van der Waals surface area (Å²) in [6, 6.07) is 15.9. The van der Waals surface area contributed by atoms with Gasteiger partial charge in [-0.05, 0) is 43.2 Å². The molecule has 0 radical (unpaired) electrons. The third kappa shape index (κ3) is 3.10. The van der Waals surface area contributed by atoms with Crippen LogP contribution in [0.2, 0.25) is 0 Å². The second-order valence-corrected chi connectivity index (χ2v) is 8.10. The molecular weight excluding hydrogens is 384 g/mol. The number of halogens is 1. The maximum atomic E-state index is 12.8. The summed E-state index contributed by atoms with van der Waals surface area (Å²) in [7, 11) is 0. The van der Waals surface area contributed by atoms with Crippen molar-refractivity contribution >= 4 is 43.4 Å². The third-order valence-electron chi connectivity index (χ3n) is 4.44. The van der Waals surface area contributed by atoms with Crippen LogP contribution in [0.25, 0.3) is 10.2 Å². The molecule has 2 aromatic carbocycles. The standard InChI is InChI=1S/C19H17BrN2OS/c20-15-7-3-5-13(11-15)19(23)22-10-4-6-14(12-22)18-21-16-8-1-2-9-17(16)24-18/h1-3,5,7-9,11,14H,4,6,10,12H2. The van der Waals surface area contributed by atoms with Gasteiger partial charge in [-0.3, -0.25) is 4.79 Å². The monoisotopic (exact) mass is 400 g/mol. The van der Waals surface area contributed by atoms with Gasteiger partial charge in [0, 0.05) is 29.0 Å². The van der Waals surface area contributed by atoms with Gasteiger partial charge in [0.2, 0.25) is 0 Å². The number of likely N-dealkylation sites (tertiary alicyclic amines) is 1. The van der Waals surface area contributed by atoms with Crippen LogP contribution in [0.4, 0.5) is 0 Å². The van der Waals surface area contributed by atoms with Crippen molar-refractivity contribution in [1.82, 2.24) is 9.88 Å². The van der Waals surface area contributed by atoms with Gasteiger partial charge in [-0.25, -0.2) is 4.98 Å². The van der Waals surface area contributed by atoms with E-state index in [1.54, 1.807) is 11.3 Å². The van der Waals surface area contributed by atoms with E-state index in [4.69, 9.17) is 4.98 Å². The molecule has 122 valence electrons. The van der Waals surface area contributed by atoms with E-state index in [0.717, 1.165) is 46.5 Å². The van der Waals surface area contributed by atoms with Crippen molar-refractivity contribution in [2.24, 2.45) is 0 Å². The van der Waals surface area contributed by atoms with Gasteiger partial charge in [-0.1, -0.05) is 34.1 Å². The number of nitrogens with zero attached hydrogens (tertiary/aromatic N) is 2. The van der Waals surface area contributed by atoms with Crippen molar-refractivity contribution in [1.29, 1.82) is 0 Å². The molecule has 24 heavy (non-hydrogen) atoms. The molecule has 4 rings (SSSR count). The van der Waals surface area contributed by atoms with E-state index in [2.05, 4.69) is 28.1 Å². The van der Waals surface area contributed by atoms with Crippen molar-refractivity contribution in [3.63, 3.8) is 0 Å². The molecule has 0 aliphatic carbocycles. The molecule has 1 aromatic heterocycles. The Balaban J connectivity index is 1.56. The molecule has 5 heteroatoms. The molecule has 3 aromatic rings. The number of aromatic nitrogens is 1. The number of thiazole rings is 1. The minimum absolute atomic E-state index is 0.113. The van der Waals surface area contributed by atoms with Crippen LogP contribution in [0.1, 0.15) is 34.1 Å². The molecule has 0 saturated carbocycles. The highest BCUT2D eigenvalue weighted by Crippen LogP contribution is 2.33. The zero-order valence-corrected chi connectivity index (χ0v) is 15.5. The number of hydrogen-bond acceptors (Lipinski definition) is 3. The molecule has 1 unspecified atom stereocenters. The number of carbonyl (C=O) groups excluding carboxylic acids is 1. The lowest BCUT2D eigenvalue weighted by atomic mass is 9.98. The van der Waals surface area contributed by atoms with E-state index in [9.17, 15) is 4.79 Å². The fourth-order valence-corrected chi connectivity index (χ4v) is 4.72. The summed E-state index contributed by atoms with van der Waals surface area (Å²) in [6.45, 7) is 1.58. The average Bonchev–Trinajstić information content (AvgIpc) is 3.05. The lowest BCUT2D eigenvalue weighted by Gasteiger charge is -2.32. The Morgan fingerprint density at radius 2 is 2.08 bits per heavy atom. The smallest absolute Gasteiger partial charge is 0.253 e. The molecular formula is C19H17BrN2OS. The summed E-state index contributed by atoms with van der Waals surface area (Å²) in [5.74, 6) is 0.453. The topological polar surface area (TPSA) is 33.2 Å². The largest absolute Gasteiger partial charge is 0.338 e. The van der Waals surface area contributed by atoms with Crippen molar-refractivity contribution in [2.75, 3.05) is 13.1 Å². The van der Waals surface area contributed by atoms with Gasteiger partial charge < -0.3 is 4.90 Å². The van der Waals surface area contributed by atoms with Crippen molar-refractivity contribution in [3.8, 4) is 0 Å². The molecule has 1 saturated heterocycles. The Bertz CT molecular complexity index is 859. The maximum absolute atomic E-state index is 12.8. The number of benzene rings is 2. The highest BCUT2D eigenvalue weighted by molar-refractivity contribution is 9.10. The minimum atomic E-state index is 0.113. The van der Waals surface area contributed by atoms with E-state index in [1.807, 2.05) is 41.3 Å². The van der Waals surface area contributed by atoms with Crippen LogP contribution in [-0.4, -0.2) is 28.9 Å². The van der Waals surface area contributed by atoms with Gasteiger partial charge in [-0.15, -0.1) is 11.3 Å². The number of hydrogen-bond donors (Lipinski definition) is 0. The summed E-state index contributed by atoms with van der Waals surface area (Å²) in [4.78, 5) is 19.6. The van der Waals surface area contributed by atoms with E-state index >= 15 is 0 Å². The fraction of sp³-hybridized carbons (Fsp3) is 0.263. The lowest BCUT2D eigenvalue weighted by Crippen LogP contribution is -2.39. The highest BCUT2D eigenvalue weighted by Gasteiger charge is 2.27. The predicted octanol–water partition coefficient (Wildman–Crippen LogP) is 5.08. The van der Waals surface area contributed by atoms with Gasteiger partial charge in [0.25, 0.3) is 5.91 Å². The summed E-state index contributed by atoms with van der Waals surface area (Å²) in [5.41, 5.74) is 1.81. The first-order valence-electron chi connectivity index (χ1n) is 8.11. The zero-order valence-electron chi connectivity index (χ0n) is 13.1. The lowest BCUT2D eigenvalue weighted by molar-refractivity contribution is 0.0707. The summed E-state index contributed by atoms with van der Waals surface area (Å²) in [6.07, 6.45) is 2.13. The molecule has 1 fully saturated rings. The van der Waals surface area contributed by atoms with Crippen LogP contribution in [0.5, 0.6) is 0 Å². The summed E-state index contributed by atoms with van der Waals surface area (Å²) in [5, 5.41) is 1.16. The molecule has 0 N–H and O–H groups in total. The number of rotatable bonds is 2. The number of carbonyl (C=O) groups is 1. The Morgan fingerprint density at radius 1 is 1.21 bits per heavy atom. The number of piperidine rings is 1. The first kappa shape index (κ1) is 15.8. The van der Waals surface area contributed by atoms with E-state index < -0.39 is 0 Å². The number of para-hydroxylation sites is 1. The molecule has 1 aliphatic heterocycles. The van der Waals surface area contributed by atoms with Crippen LogP contribution in [0, 0.1) is 0 Å². The quantitative estimate of drug-likeness (QED) is 0.600. The Kier molecular flexibility index (Phi) is 4.37. The van der Waals surface area contributed by atoms with E-state index in [1.165, 1.54) is 4.70 Å². The second kappa shape index (κ2) is 6.65. The number of fused-ring (bicyclic) bond motifs is 1. The van der Waals surface area contributed by atoms with Crippen molar-refractivity contribution < 1.29 is 4.79 Å². The summed E-state index contributed by atoms with van der Waals surface area (Å²) < 4.78 is 2.16.